The van der Waals surface area contributed by atoms with Gasteiger partial charge in [-0.2, -0.15) is 0 Å². The van der Waals surface area contributed by atoms with Gasteiger partial charge in [-0.05, 0) is 13.0 Å². The smallest absolute Gasteiger partial charge is 0.107 e. The molecule has 3 heteroatoms. The summed E-state index contributed by atoms with van der Waals surface area (Å²) in [6.07, 6.45) is 1.97. The summed E-state index contributed by atoms with van der Waals surface area (Å²) in [6, 6.07) is 0. The van der Waals surface area contributed by atoms with Crippen LogP contribution in [0.4, 0.5) is 0 Å². The summed E-state index contributed by atoms with van der Waals surface area (Å²) < 4.78 is 0. The van der Waals surface area contributed by atoms with Gasteiger partial charge in [0, 0.05) is 17.6 Å². The van der Waals surface area contributed by atoms with Crippen molar-refractivity contribution in [1.29, 1.82) is 0 Å². The molecule has 0 atom stereocenters. The van der Waals surface area contributed by atoms with Crippen LogP contribution < -0.4 is 5.32 Å². The zero-order valence-electron chi connectivity index (χ0n) is 7.22. The topological polar surface area (TPSA) is 24.9 Å². The maximum Gasteiger partial charge on any atom is 0.107 e. The number of aromatic nitrogens is 1. The monoisotopic (exact) mass is 170 g/mol. The second kappa shape index (κ2) is 3.83. The van der Waals surface area contributed by atoms with Crippen LogP contribution in [0, 0.1) is 0 Å². The number of thiazole rings is 1. The molecule has 1 aromatic heterocycles. The van der Waals surface area contributed by atoms with Gasteiger partial charge in [0.15, 0.2) is 0 Å². The van der Waals surface area contributed by atoms with Crippen LogP contribution in [0.3, 0.4) is 0 Å². The molecule has 0 radical (unpaired) electrons. The van der Waals surface area contributed by atoms with E-state index in [1.807, 2.05) is 13.2 Å². The molecule has 0 unspecified atom stereocenters. The van der Waals surface area contributed by atoms with Gasteiger partial charge in [0.05, 0.1) is 0 Å². The summed E-state index contributed by atoms with van der Waals surface area (Å²) in [5.74, 6) is 0.609. The van der Waals surface area contributed by atoms with E-state index < -0.39 is 0 Å². The molecular formula is C8H14N2S. The van der Waals surface area contributed by atoms with Gasteiger partial charge in [-0.15, -0.1) is 11.3 Å². The minimum atomic E-state index is 0.609. The fraction of sp³-hybridized carbons (Fsp3) is 0.625. The number of rotatable bonds is 3. The number of hydrogen-bond acceptors (Lipinski definition) is 3. The lowest BCUT2D eigenvalue weighted by Gasteiger charge is -1.96. The van der Waals surface area contributed by atoms with Crippen LogP contribution in [0.5, 0.6) is 0 Å². The Morgan fingerprint density at radius 1 is 1.64 bits per heavy atom. The minimum Gasteiger partial charge on any atom is -0.314 e. The van der Waals surface area contributed by atoms with E-state index in [0.29, 0.717) is 5.92 Å². The molecule has 0 saturated carbocycles. The first-order chi connectivity index (χ1) is 5.24. The van der Waals surface area contributed by atoms with Gasteiger partial charge in [-0.1, -0.05) is 13.8 Å². The van der Waals surface area contributed by atoms with Crippen molar-refractivity contribution < 1.29 is 0 Å². The van der Waals surface area contributed by atoms with Crippen molar-refractivity contribution in [3.05, 3.63) is 16.1 Å². The fourth-order valence-corrected chi connectivity index (χ4v) is 1.76. The second-order valence-electron chi connectivity index (χ2n) is 2.84. The van der Waals surface area contributed by atoms with Gasteiger partial charge in [0.1, 0.15) is 5.01 Å². The minimum absolute atomic E-state index is 0.609. The molecule has 1 aromatic rings. The molecule has 2 nitrogen and oxygen atoms in total. The van der Waals surface area contributed by atoms with E-state index in [9.17, 15) is 0 Å². The first-order valence-corrected chi connectivity index (χ1v) is 4.65. The molecule has 0 bridgehead atoms. The highest BCUT2D eigenvalue weighted by Gasteiger charge is 2.03. The van der Waals surface area contributed by atoms with Crippen LogP contribution in [-0.4, -0.2) is 12.0 Å². The van der Waals surface area contributed by atoms with Crippen molar-refractivity contribution in [3.8, 4) is 0 Å². The molecule has 1 rings (SSSR count). The van der Waals surface area contributed by atoms with Gasteiger partial charge in [-0.3, -0.25) is 0 Å². The first-order valence-electron chi connectivity index (χ1n) is 3.83. The quantitative estimate of drug-likeness (QED) is 0.750. The maximum atomic E-state index is 4.28. The van der Waals surface area contributed by atoms with Crippen molar-refractivity contribution in [2.24, 2.45) is 0 Å². The third-order valence-corrected chi connectivity index (χ3v) is 2.77. The Bertz CT molecular complexity index is 218. The highest BCUT2D eigenvalue weighted by atomic mass is 32.1. The molecule has 11 heavy (non-hydrogen) atoms. The van der Waals surface area contributed by atoms with Crippen LogP contribution in [0.1, 0.15) is 29.7 Å². The van der Waals surface area contributed by atoms with Gasteiger partial charge >= 0.3 is 0 Å². The molecule has 1 N–H and O–H groups in total. The molecule has 0 aliphatic rings. The molecule has 0 aliphatic carbocycles. The van der Waals surface area contributed by atoms with E-state index in [1.165, 1.54) is 9.88 Å². The Morgan fingerprint density at radius 2 is 2.36 bits per heavy atom. The van der Waals surface area contributed by atoms with Crippen molar-refractivity contribution in [2.75, 3.05) is 7.05 Å². The van der Waals surface area contributed by atoms with Gasteiger partial charge in [0.25, 0.3) is 0 Å². The van der Waals surface area contributed by atoms with E-state index in [2.05, 4.69) is 24.1 Å². The molecule has 1 heterocycles. The van der Waals surface area contributed by atoms with Crippen molar-refractivity contribution in [1.82, 2.24) is 10.3 Å². The van der Waals surface area contributed by atoms with Crippen LogP contribution in [0.15, 0.2) is 6.20 Å². The maximum absolute atomic E-state index is 4.28. The molecular weight excluding hydrogens is 156 g/mol. The SMILES string of the molecule is CNCc1ncc(C(C)C)s1. The highest BCUT2D eigenvalue weighted by Crippen LogP contribution is 2.21. The lowest BCUT2D eigenvalue weighted by molar-refractivity contribution is 0.809. The van der Waals surface area contributed by atoms with E-state index >= 15 is 0 Å². The Labute approximate surface area is 71.7 Å². The molecule has 0 amide bonds. The van der Waals surface area contributed by atoms with Gasteiger partial charge < -0.3 is 5.32 Å². The van der Waals surface area contributed by atoms with Crippen molar-refractivity contribution in [2.45, 2.75) is 26.3 Å². The van der Waals surface area contributed by atoms with Gasteiger partial charge in [-0.25, -0.2) is 4.98 Å². The predicted molar refractivity (Wildman–Crippen MR) is 49.0 cm³/mol. The third-order valence-electron chi connectivity index (χ3n) is 1.47. The van der Waals surface area contributed by atoms with Crippen molar-refractivity contribution in [3.63, 3.8) is 0 Å². The summed E-state index contributed by atoms with van der Waals surface area (Å²) >= 11 is 1.79. The summed E-state index contributed by atoms with van der Waals surface area (Å²) in [5.41, 5.74) is 0. The van der Waals surface area contributed by atoms with Crippen molar-refractivity contribution >= 4 is 11.3 Å². The molecule has 0 spiro atoms. The third kappa shape index (κ3) is 2.27. The Morgan fingerprint density at radius 3 is 2.82 bits per heavy atom. The standard InChI is InChI=1S/C8H14N2S/c1-6(2)7-4-10-8(11-7)5-9-3/h4,6,9H,5H2,1-3H3. The van der Waals surface area contributed by atoms with Crippen LogP contribution in [0.25, 0.3) is 0 Å². The second-order valence-corrected chi connectivity index (χ2v) is 3.99. The molecule has 0 aliphatic heterocycles. The average molecular weight is 170 g/mol. The summed E-state index contributed by atoms with van der Waals surface area (Å²) in [6.45, 7) is 5.27. The molecule has 0 saturated heterocycles. The summed E-state index contributed by atoms with van der Waals surface area (Å²) in [5, 5.41) is 4.26. The van der Waals surface area contributed by atoms with Gasteiger partial charge in [0.2, 0.25) is 0 Å². The number of nitrogens with one attached hydrogen (secondary N) is 1. The largest absolute Gasteiger partial charge is 0.314 e. The van der Waals surface area contributed by atoms with E-state index in [-0.39, 0.29) is 0 Å². The predicted octanol–water partition coefficient (Wildman–Crippen LogP) is 1.99. The molecule has 0 aromatic carbocycles. The first kappa shape index (κ1) is 8.68. The molecule has 0 fully saturated rings. The lowest BCUT2D eigenvalue weighted by atomic mass is 10.2. The Balaban J connectivity index is 2.66. The zero-order valence-corrected chi connectivity index (χ0v) is 8.03. The average Bonchev–Trinajstić information content (AvgIpc) is 2.37. The van der Waals surface area contributed by atoms with Crippen LogP contribution in [-0.2, 0) is 6.54 Å². The lowest BCUT2D eigenvalue weighted by Crippen LogP contribution is -2.03. The normalized spacial score (nSPS) is 10.9. The fourth-order valence-electron chi connectivity index (χ4n) is 0.824. The van der Waals surface area contributed by atoms with Crippen LogP contribution in [0.2, 0.25) is 0 Å². The Kier molecular flexibility index (Phi) is 3.02. The summed E-state index contributed by atoms with van der Waals surface area (Å²) in [4.78, 5) is 5.65. The number of nitrogens with zero attached hydrogens (tertiary/aromatic N) is 1. The van der Waals surface area contributed by atoms with Crippen LogP contribution >= 0.6 is 11.3 Å². The summed E-state index contributed by atoms with van der Waals surface area (Å²) in [7, 11) is 1.94. The zero-order chi connectivity index (χ0) is 8.27. The van der Waals surface area contributed by atoms with E-state index in [1.54, 1.807) is 11.3 Å². The highest BCUT2D eigenvalue weighted by molar-refractivity contribution is 7.11. The Hall–Kier alpha value is -0.410. The molecule has 62 valence electrons. The van der Waals surface area contributed by atoms with E-state index in [0.717, 1.165) is 6.54 Å². The number of hydrogen-bond donors (Lipinski definition) is 1. The van der Waals surface area contributed by atoms with E-state index in [4.69, 9.17) is 0 Å².